The fourth-order valence-electron chi connectivity index (χ4n) is 0.711. The van der Waals surface area contributed by atoms with E-state index in [4.69, 9.17) is 22.5 Å². The van der Waals surface area contributed by atoms with Crippen LogP contribution in [0.1, 0.15) is 5.56 Å². The van der Waals surface area contributed by atoms with Crippen LogP contribution in [0.4, 0.5) is 0 Å². The smallest absolute Gasteiger partial charge is 0.267 e. The summed E-state index contributed by atoms with van der Waals surface area (Å²) in [6, 6.07) is 1.44. The number of H-pyrrole nitrogens is 1. The van der Waals surface area contributed by atoms with E-state index in [1.807, 2.05) is 0 Å². The van der Waals surface area contributed by atoms with Crippen LogP contribution in [0, 0.1) is 0 Å². The molecule has 1 aromatic rings. The summed E-state index contributed by atoms with van der Waals surface area (Å²) >= 11 is 5.55. The lowest BCUT2D eigenvalue weighted by Crippen LogP contribution is -2.18. The maximum atomic E-state index is 10.9. The van der Waals surface area contributed by atoms with Gasteiger partial charge in [0.05, 0.1) is 0 Å². The van der Waals surface area contributed by atoms with Gasteiger partial charge in [-0.05, 0) is 6.07 Å². The predicted octanol–water partition coefficient (Wildman–Crippen LogP) is 0.123. The van der Waals surface area contributed by atoms with Gasteiger partial charge in [-0.3, -0.25) is 4.79 Å². The highest BCUT2D eigenvalue weighted by molar-refractivity contribution is 6.33. The predicted molar refractivity (Wildman–Crippen MR) is 44.6 cm³/mol. The maximum absolute atomic E-state index is 10.9. The van der Waals surface area contributed by atoms with Crippen LogP contribution in [0.5, 0.6) is 0 Å². The molecule has 1 rings (SSSR count). The first-order valence-electron chi connectivity index (χ1n) is 3.02. The number of aromatic amines is 1. The van der Waals surface area contributed by atoms with Crippen molar-refractivity contribution in [3.05, 3.63) is 33.2 Å². The third-order valence-corrected chi connectivity index (χ3v) is 1.66. The molecule has 0 aliphatic heterocycles. The molecule has 5 nitrogen and oxygen atoms in total. The quantitative estimate of drug-likeness (QED) is 0.252. The van der Waals surface area contributed by atoms with Crippen molar-refractivity contribution in [1.29, 1.82) is 0 Å². The average molecular weight is 188 g/mol. The second-order valence-corrected chi connectivity index (χ2v) is 2.40. The fraction of sp³-hybridized carbons (Fsp3) is 0. The minimum Gasteiger partial charge on any atom is -0.409 e. The van der Waals surface area contributed by atoms with Gasteiger partial charge in [0, 0.05) is 11.8 Å². The van der Waals surface area contributed by atoms with E-state index in [9.17, 15) is 4.79 Å². The molecule has 0 aliphatic carbocycles. The van der Waals surface area contributed by atoms with E-state index in [-0.39, 0.29) is 16.4 Å². The summed E-state index contributed by atoms with van der Waals surface area (Å²) in [7, 11) is 0. The Bertz CT molecular complexity index is 371. The van der Waals surface area contributed by atoms with Crippen molar-refractivity contribution < 1.29 is 5.21 Å². The lowest BCUT2D eigenvalue weighted by Gasteiger charge is -1.98. The van der Waals surface area contributed by atoms with Gasteiger partial charge in [-0.1, -0.05) is 16.8 Å². The van der Waals surface area contributed by atoms with Gasteiger partial charge in [0.25, 0.3) is 5.56 Å². The summed E-state index contributed by atoms with van der Waals surface area (Å²) in [5.41, 5.74) is 4.97. The molecule has 0 saturated carbocycles. The number of aromatic nitrogens is 1. The van der Waals surface area contributed by atoms with Gasteiger partial charge < -0.3 is 15.9 Å². The highest BCUT2D eigenvalue weighted by atomic mass is 35.5. The number of pyridine rings is 1. The monoisotopic (exact) mass is 187 g/mol. The molecule has 0 fully saturated rings. The standard InChI is InChI=1S/C6H6ClN3O2/c7-4-3(5(8)10-12)1-2-9-6(4)11/h1-2,12H,(H2,8,10)(H,9,11). The summed E-state index contributed by atoms with van der Waals surface area (Å²) in [4.78, 5) is 13.2. The molecule has 0 aromatic carbocycles. The summed E-state index contributed by atoms with van der Waals surface area (Å²) in [6.45, 7) is 0. The average Bonchev–Trinajstić information content (AvgIpc) is 2.08. The third kappa shape index (κ3) is 1.40. The Morgan fingerprint density at radius 1 is 1.75 bits per heavy atom. The first kappa shape index (κ1) is 8.61. The van der Waals surface area contributed by atoms with Crippen molar-refractivity contribution in [3.63, 3.8) is 0 Å². The zero-order valence-electron chi connectivity index (χ0n) is 5.91. The number of nitrogens with one attached hydrogen (secondary N) is 1. The SMILES string of the molecule is N/C(=N/O)c1cc[nH]c(=O)c1Cl. The molecule has 6 heteroatoms. The van der Waals surface area contributed by atoms with Gasteiger partial charge in [0.15, 0.2) is 5.84 Å². The molecule has 1 heterocycles. The highest BCUT2D eigenvalue weighted by Gasteiger charge is 2.07. The number of rotatable bonds is 1. The van der Waals surface area contributed by atoms with Crippen LogP contribution in [0.3, 0.4) is 0 Å². The molecule has 0 aliphatic rings. The Kier molecular flexibility index (Phi) is 2.35. The Hall–Kier alpha value is -1.49. The van der Waals surface area contributed by atoms with E-state index in [1.165, 1.54) is 12.3 Å². The number of halogens is 1. The zero-order chi connectivity index (χ0) is 9.14. The van der Waals surface area contributed by atoms with E-state index < -0.39 is 5.56 Å². The van der Waals surface area contributed by atoms with Crippen LogP contribution in [0.25, 0.3) is 0 Å². The number of hydrogen-bond donors (Lipinski definition) is 3. The van der Waals surface area contributed by atoms with Gasteiger partial charge in [0.1, 0.15) is 5.02 Å². The van der Waals surface area contributed by atoms with Gasteiger partial charge >= 0.3 is 0 Å². The minimum absolute atomic E-state index is 0.0900. The van der Waals surface area contributed by atoms with Crippen molar-refractivity contribution in [2.75, 3.05) is 0 Å². The van der Waals surface area contributed by atoms with Crippen LogP contribution in [0.2, 0.25) is 5.02 Å². The normalized spacial score (nSPS) is 11.6. The largest absolute Gasteiger partial charge is 0.409 e. The highest BCUT2D eigenvalue weighted by Crippen LogP contribution is 2.07. The Morgan fingerprint density at radius 3 is 3.00 bits per heavy atom. The molecule has 64 valence electrons. The van der Waals surface area contributed by atoms with Crippen molar-refractivity contribution in [2.45, 2.75) is 0 Å². The first-order valence-corrected chi connectivity index (χ1v) is 3.39. The van der Waals surface area contributed by atoms with Gasteiger partial charge in [0.2, 0.25) is 0 Å². The third-order valence-electron chi connectivity index (χ3n) is 1.28. The number of oxime groups is 1. The molecule has 0 spiro atoms. The molecule has 0 radical (unpaired) electrons. The summed E-state index contributed by atoms with van der Waals surface area (Å²) in [6.07, 6.45) is 1.36. The van der Waals surface area contributed by atoms with Crippen LogP contribution >= 0.6 is 11.6 Å². The Balaban J connectivity index is 3.36. The second-order valence-electron chi connectivity index (χ2n) is 2.02. The molecular formula is C6H6ClN3O2. The maximum Gasteiger partial charge on any atom is 0.267 e. The number of hydrogen-bond acceptors (Lipinski definition) is 3. The first-order chi connectivity index (χ1) is 5.66. The minimum atomic E-state index is -0.472. The van der Waals surface area contributed by atoms with Crippen molar-refractivity contribution in [1.82, 2.24) is 4.98 Å². The summed E-state index contributed by atoms with van der Waals surface area (Å²) in [5, 5.41) is 10.9. The molecular weight excluding hydrogens is 182 g/mol. The molecule has 0 amide bonds. The van der Waals surface area contributed by atoms with Crippen molar-refractivity contribution in [2.24, 2.45) is 10.9 Å². The van der Waals surface area contributed by atoms with Gasteiger partial charge in [-0.15, -0.1) is 0 Å². The molecule has 12 heavy (non-hydrogen) atoms. The Morgan fingerprint density at radius 2 is 2.42 bits per heavy atom. The second kappa shape index (κ2) is 3.27. The van der Waals surface area contributed by atoms with Crippen LogP contribution in [-0.4, -0.2) is 16.0 Å². The molecule has 0 atom stereocenters. The summed E-state index contributed by atoms with van der Waals surface area (Å²) < 4.78 is 0. The molecule has 1 aromatic heterocycles. The molecule has 0 saturated heterocycles. The van der Waals surface area contributed by atoms with Gasteiger partial charge in [-0.25, -0.2) is 0 Å². The van der Waals surface area contributed by atoms with E-state index in [2.05, 4.69) is 10.1 Å². The topological polar surface area (TPSA) is 91.5 Å². The van der Waals surface area contributed by atoms with Gasteiger partial charge in [-0.2, -0.15) is 0 Å². The number of amidine groups is 1. The van der Waals surface area contributed by atoms with Crippen molar-refractivity contribution >= 4 is 17.4 Å². The zero-order valence-corrected chi connectivity index (χ0v) is 6.67. The molecule has 0 unspecified atom stereocenters. The summed E-state index contributed by atoms with van der Waals surface area (Å²) in [5.74, 6) is -0.189. The molecule has 0 bridgehead atoms. The van der Waals surface area contributed by atoms with Crippen LogP contribution < -0.4 is 11.3 Å². The van der Waals surface area contributed by atoms with Crippen LogP contribution in [0.15, 0.2) is 22.2 Å². The fourth-order valence-corrected chi connectivity index (χ4v) is 0.926. The van der Waals surface area contributed by atoms with Crippen LogP contribution in [-0.2, 0) is 0 Å². The van der Waals surface area contributed by atoms with E-state index in [0.29, 0.717) is 0 Å². The number of nitrogens with zero attached hydrogens (tertiary/aromatic N) is 1. The lowest BCUT2D eigenvalue weighted by atomic mass is 10.2. The van der Waals surface area contributed by atoms with E-state index >= 15 is 0 Å². The Labute approximate surface area is 72.5 Å². The number of nitrogens with two attached hydrogens (primary N) is 1. The lowest BCUT2D eigenvalue weighted by molar-refractivity contribution is 0.318. The van der Waals surface area contributed by atoms with E-state index in [1.54, 1.807) is 0 Å². The van der Waals surface area contributed by atoms with E-state index in [0.717, 1.165) is 0 Å². The van der Waals surface area contributed by atoms with Crippen molar-refractivity contribution in [3.8, 4) is 0 Å². The molecule has 4 N–H and O–H groups in total.